The molecule has 1 aliphatic rings. The maximum absolute atomic E-state index is 12.8. The van der Waals surface area contributed by atoms with Crippen LogP contribution in [0.4, 0.5) is 0 Å². The first kappa shape index (κ1) is 20.0. The molecule has 0 saturated carbocycles. The van der Waals surface area contributed by atoms with E-state index >= 15 is 0 Å². The molecule has 2 aromatic rings. The lowest BCUT2D eigenvalue weighted by Crippen LogP contribution is -2.28. The summed E-state index contributed by atoms with van der Waals surface area (Å²) in [4.78, 5) is 24.2. The van der Waals surface area contributed by atoms with Crippen LogP contribution in [0.15, 0.2) is 52.2 Å². The van der Waals surface area contributed by atoms with Crippen LogP contribution in [0.2, 0.25) is 0 Å². The highest BCUT2D eigenvalue weighted by atomic mass is 32.2. The minimum absolute atomic E-state index is 0.133. The number of thioether (sulfide) groups is 1. The van der Waals surface area contributed by atoms with Gasteiger partial charge in [0.25, 0.3) is 5.91 Å². The number of hydrogen-bond acceptors (Lipinski definition) is 7. The van der Waals surface area contributed by atoms with E-state index in [1.165, 1.54) is 16.8 Å². The highest BCUT2D eigenvalue weighted by molar-refractivity contribution is 8.00. The Balaban J connectivity index is 1.73. The second-order valence-electron chi connectivity index (χ2n) is 6.05. The smallest absolute Gasteiger partial charge is 0.315 e. The van der Waals surface area contributed by atoms with Crippen LogP contribution in [0.1, 0.15) is 30.7 Å². The normalized spacial score (nSPS) is 16.0. The third kappa shape index (κ3) is 4.75. The molecule has 0 fully saturated rings. The van der Waals surface area contributed by atoms with Crippen molar-refractivity contribution in [3.63, 3.8) is 0 Å². The average Bonchev–Trinajstić information content (AvgIpc) is 3.38. The first-order valence-corrected chi connectivity index (χ1v) is 10.1. The Kier molecular flexibility index (Phi) is 6.76. The quantitative estimate of drug-likeness (QED) is 0.631. The van der Waals surface area contributed by atoms with Crippen LogP contribution in [0.5, 0.6) is 5.75 Å². The Morgan fingerprint density at radius 1 is 1.25 bits per heavy atom. The summed E-state index contributed by atoms with van der Waals surface area (Å²) >= 11 is 1.22. The fourth-order valence-electron chi connectivity index (χ4n) is 2.89. The summed E-state index contributed by atoms with van der Waals surface area (Å²) in [6.07, 6.45) is 2.13. The maximum atomic E-state index is 12.8. The van der Waals surface area contributed by atoms with Crippen LogP contribution in [0.3, 0.4) is 0 Å². The predicted octanol–water partition coefficient (Wildman–Crippen LogP) is 3.26. The van der Waals surface area contributed by atoms with Gasteiger partial charge in [-0.2, -0.15) is 5.10 Å². The number of esters is 1. The summed E-state index contributed by atoms with van der Waals surface area (Å²) < 4.78 is 15.6. The van der Waals surface area contributed by atoms with E-state index in [0.717, 1.165) is 17.0 Å². The highest BCUT2D eigenvalue weighted by Gasteiger charge is 2.34. The van der Waals surface area contributed by atoms with E-state index in [-0.39, 0.29) is 29.4 Å². The summed E-state index contributed by atoms with van der Waals surface area (Å²) in [6.45, 7) is 2.08. The second-order valence-corrected chi connectivity index (χ2v) is 7.03. The SMILES string of the molecule is CCOC(=O)CSCC(=O)N1N=C(c2ccc(OC)cc2)C[C@H]1c1ccco1. The Labute approximate surface area is 167 Å². The monoisotopic (exact) mass is 402 g/mol. The number of ether oxygens (including phenoxy) is 2. The summed E-state index contributed by atoms with van der Waals surface area (Å²) in [7, 11) is 1.61. The zero-order chi connectivity index (χ0) is 19.9. The molecule has 0 aliphatic carbocycles. The van der Waals surface area contributed by atoms with Crippen LogP contribution in [-0.2, 0) is 14.3 Å². The molecule has 0 bridgehead atoms. The molecular formula is C20H22N2O5S. The van der Waals surface area contributed by atoms with Crippen LogP contribution in [0.25, 0.3) is 0 Å². The molecule has 3 rings (SSSR count). The van der Waals surface area contributed by atoms with Gasteiger partial charge >= 0.3 is 5.97 Å². The van der Waals surface area contributed by atoms with E-state index in [9.17, 15) is 9.59 Å². The van der Waals surface area contributed by atoms with Gasteiger partial charge in [-0.05, 0) is 48.9 Å². The molecule has 28 heavy (non-hydrogen) atoms. The molecule has 1 aliphatic heterocycles. The number of amides is 1. The maximum Gasteiger partial charge on any atom is 0.315 e. The minimum atomic E-state index is -0.327. The zero-order valence-corrected chi connectivity index (χ0v) is 16.6. The Morgan fingerprint density at radius 3 is 2.68 bits per heavy atom. The number of carbonyl (C=O) groups excluding carboxylic acids is 2. The molecule has 1 atom stereocenters. The number of benzene rings is 1. The first-order chi connectivity index (χ1) is 13.6. The molecule has 0 N–H and O–H groups in total. The van der Waals surface area contributed by atoms with E-state index in [2.05, 4.69) is 5.10 Å². The van der Waals surface area contributed by atoms with Crippen molar-refractivity contribution in [1.82, 2.24) is 5.01 Å². The lowest BCUT2D eigenvalue weighted by molar-refractivity contribution is -0.139. The number of hydrogen-bond donors (Lipinski definition) is 0. The number of rotatable bonds is 8. The number of nitrogens with zero attached hydrogens (tertiary/aromatic N) is 2. The van der Waals surface area contributed by atoms with Crippen LogP contribution in [0, 0.1) is 0 Å². The number of carbonyl (C=O) groups is 2. The third-order valence-electron chi connectivity index (χ3n) is 4.21. The molecule has 148 valence electrons. The zero-order valence-electron chi connectivity index (χ0n) is 15.8. The predicted molar refractivity (Wildman–Crippen MR) is 106 cm³/mol. The van der Waals surface area contributed by atoms with Crippen LogP contribution >= 0.6 is 11.8 Å². The van der Waals surface area contributed by atoms with Crippen molar-refractivity contribution in [3.8, 4) is 5.75 Å². The minimum Gasteiger partial charge on any atom is -0.497 e. The van der Waals surface area contributed by atoms with Crippen molar-refractivity contribution in [2.24, 2.45) is 5.10 Å². The summed E-state index contributed by atoms with van der Waals surface area (Å²) in [6, 6.07) is 10.9. The summed E-state index contributed by atoms with van der Waals surface area (Å²) in [5.74, 6) is 1.19. The molecule has 0 unspecified atom stereocenters. The average molecular weight is 402 g/mol. The lowest BCUT2D eigenvalue weighted by atomic mass is 10.0. The van der Waals surface area contributed by atoms with Gasteiger partial charge in [-0.25, -0.2) is 5.01 Å². The molecule has 7 nitrogen and oxygen atoms in total. The second kappa shape index (κ2) is 9.45. The van der Waals surface area contributed by atoms with Gasteiger partial charge in [-0.1, -0.05) is 0 Å². The summed E-state index contributed by atoms with van der Waals surface area (Å²) in [5, 5.41) is 6.01. The molecule has 1 aromatic heterocycles. The Morgan fingerprint density at radius 2 is 2.04 bits per heavy atom. The lowest BCUT2D eigenvalue weighted by Gasteiger charge is -2.19. The van der Waals surface area contributed by atoms with E-state index in [0.29, 0.717) is 18.8 Å². The molecule has 0 spiro atoms. The van der Waals surface area contributed by atoms with Gasteiger partial charge < -0.3 is 13.9 Å². The Bertz CT molecular complexity index is 833. The molecule has 0 saturated heterocycles. The van der Waals surface area contributed by atoms with E-state index in [1.54, 1.807) is 26.4 Å². The van der Waals surface area contributed by atoms with Crippen LogP contribution < -0.4 is 4.74 Å². The fraction of sp³-hybridized carbons (Fsp3) is 0.350. The number of furan rings is 1. The topological polar surface area (TPSA) is 81.3 Å². The fourth-order valence-corrected chi connectivity index (χ4v) is 3.55. The third-order valence-corrected chi connectivity index (χ3v) is 5.10. The largest absolute Gasteiger partial charge is 0.497 e. The van der Waals surface area contributed by atoms with Gasteiger partial charge in [0.2, 0.25) is 0 Å². The van der Waals surface area contributed by atoms with Gasteiger partial charge in [0.1, 0.15) is 17.6 Å². The van der Waals surface area contributed by atoms with E-state index in [4.69, 9.17) is 13.9 Å². The first-order valence-electron chi connectivity index (χ1n) is 8.93. The van der Waals surface area contributed by atoms with Gasteiger partial charge in [-0.3, -0.25) is 9.59 Å². The molecule has 1 amide bonds. The summed E-state index contributed by atoms with van der Waals surface area (Å²) in [5.41, 5.74) is 1.72. The number of methoxy groups -OCH3 is 1. The standard InChI is InChI=1S/C20H22N2O5S/c1-3-26-20(24)13-28-12-19(23)22-17(18-5-4-10-27-18)11-16(21-22)14-6-8-15(25-2)9-7-14/h4-10,17H,3,11-13H2,1-2H3/t17-/m0/s1. The molecule has 0 radical (unpaired) electrons. The highest BCUT2D eigenvalue weighted by Crippen LogP contribution is 2.33. The van der Waals surface area contributed by atoms with Crippen molar-refractivity contribution in [2.75, 3.05) is 25.2 Å². The van der Waals surface area contributed by atoms with Gasteiger partial charge in [-0.15, -0.1) is 11.8 Å². The molecule has 2 heterocycles. The Hall–Kier alpha value is -2.74. The van der Waals surface area contributed by atoms with Crippen molar-refractivity contribution in [3.05, 3.63) is 54.0 Å². The van der Waals surface area contributed by atoms with Gasteiger partial charge in [0.15, 0.2) is 0 Å². The molecule has 8 heteroatoms. The van der Waals surface area contributed by atoms with Crippen molar-refractivity contribution in [1.29, 1.82) is 0 Å². The van der Waals surface area contributed by atoms with Crippen molar-refractivity contribution < 1.29 is 23.5 Å². The number of hydrazone groups is 1. The van der Waals surface area contributed by atoms with Gasteiger partial charge in [0, 0.05) is 6.42 Å². The van der Waals surface area contributed by atoms with Gasteiger partial charge in [0.05, 0.1) is 37.2 Å². The van der Waals surface area contributed by atoms with Crippen molar-refractivity contribution >= 4 is 29.4 Å². The van der Waals surface area contributed by atoms with Crippen molar-refractivity contribution in [2.45, 2.75) is 19.4 Å². The molecular weight excluding hydrogens is 380 g/mol. The molecule has 1 aromatic carbocycles. The van der Waals surface area contributed by atoms with E-state index < -0.39 is 0 Å². The van der Waals surface area contributed by atoms with E-state index in [1.807, 2.05) is 30.3 Å². The van der Waals surface area contributed by atoms with Crippen LogP contribution in [-0.4, -0.2) is 47.8 Å².